The molecule has 1 fully saturated rings. The first-order valence-electron chi connectivity index (χ1n) is 10.2. The summed E-state index contributed by atoms with van der Waals surface area (Å²) < 4.78 is 10.3. The number of nitrogens with zero attached hydrogens (tertiary/aromatic N) is 3. The molecule has 0 atom stereocenters. The average molecular weight is 412 g/mol. The molecule has 1 aliphatic carbocycles. The van der Waals surface area contributed by atoms with E-state index in [1.807, 2.05) is 0 Å². The van der Waals surface area contributed by atoms with Gasteiger partial charge in [-0.1, -0.05) is 11.8 Å². The Hall–Kier alpha value is -2.46. The van der Waals surface area contributed by atoms with Crippen LogP contribution in [0, 0.1) is 11.3 Å². The summed E-state index contributed by atoms with van der Waals surface area (Å²) in [6.07, 6.45) is 7.91. The fourth-order valence-electron chi connectivity index (χ4n) is 4.17. The van der Waals surface area contributed by atoms with Crippen molar-refractivity contribution in [2.24, 2.45) is 0 Å². The number of carbonyl (C=O) groups is 1. The summed E-state index contributed by atoms with van der Waals surface area (Å²) >= 11 is 1.50. The van der Waals surface area contributed by atoms with Crippen molar-refractivity contribution >= 4 is 23.5 Å². The third-order valence-corrected chi connectivity index (χ3v) is 6.63. The van der Waals surface area contributed by atoms with Crippen LogP contribution in [0.5, 0.6) is 0 Å². The number of hydrogen-bond donors (Lipinski definition) is 0. The second kappa shape index (κ2) is 8.91. The summed E-state index contributed by atoms with van der Waals surface area (Å²) in [5.41, 5.74) is 3.18. The summed E-state index contributed by atoms with van der Waals surface area (Å²) in [5, 5.41) is 10.6. The van der Waals surface area contributed by atoms with Crippen LogP contribution < -0.4 is 4.90 Å². The molecule has 1 aliphatic heterocycles. The quantitative estimate of drug-likeness (QED) is 0.529. The Kier molecular flexibility index (Phi) is 6.10. The first-order chi connectivity index (χ1) is 14.2. The topological polar surface area (TPSA) is 79.4 Å². The summed E-state index contributed by atoms with van der Waals surface area (Å²) in [6.45, 7) is 2.08. The van der Waals surface area contributed by atoms with E-state index in [1.54, 1.807) is 12.1 Å². The van der Waals surface area contributed by atoms with Gasteiger partial charge in [-0.3, -0.25) is 0 Å². The number of furan rings is 1. The number of rotatable bonds is 5. The summed E-state index contributed by atoms with van der Waals surface area (Å²) in [7, 11) is 1.33. The van der Waals surface area contributed by atoms with Gasteiger partial charge in [0.1, 0.15) is 22.7 Å². The molecule has 0 radical (unpaired) electrons. The molecule has 0 N–H and O–H groups in total. The van der Waals surface area contributed by atoms with E-state index in [0.29, 0.717) is 17.1 Å². The maximum atomic E-state index is 11.6. The Labute approximate surface area is 175 Å². The largest absolute Gasteiger partial charge is 0.463 e. The third kappa shape index (κ3) is 4.13. The number of ether oxygens (including phenoxy) is 1. The van der Waals surface area contributed by atoms with E-state index in [0.717, 1.165) is 49.6 Å². The molecule has 7 heteroatoms. The highest BCUT2D eigenvalue weighted by Crippen LogP contribution is 2.37. The van der Waals surface area contributed by atoms with Crippen molar-refractivity contribution in [2.75, 3.05) is 25.1 Å². The number of anilines is 1. The minimum atomic E-state index is -0.488. The second-order valence-corrected chi connectivity index (χ2v) is 8.45. The van der Waals surface area contributed by atoms with Crippen LogP contribution in [0.25, 0.3) is 0 Å². The molecule has 2 aromatic rings. The number of methoxy groups -OCH3 is 1. The van der Waals surface area contributed by atoms with Crippen molar-refractivity contribution < 1.29 is 13.9 Å². The van der Waals surface area contributed by atoms with Gasteiger partial charge in [-0.05, 0) is 68.2 Å². The fraction of sp³-hybridized carbons (Fsp3) is 0.500. The van der Waals surface area contributed by atoms with E-state index in [9.17, 15) is 10.1 Å². The third-order valence-electron chi connectivity index (χ3n) is 5.63. The van der Waals surface area contributed by atoms with Crippen LogP contribution >= 0.6 is 11.8 Å². The van der Waals surface area contributed by atoms with Gasteiger partial charge in [0.2, 0.25) is 5.76 Å². The standard InChI is InChI=1S/C22H25N3O3S/c1-27-22(26)19-10-9-15(28-19)14-29-21-18(13-23)16-7-3-4-8-17(16)20(24-21)25-11-5-2-6-12-25/h9-10H,2-8,11-12,14H2,1H3. The Bertz CT molecular complexity index is 942. The van der Waals surface area contributed by atoms with E-state index in [2.05, 4.69) is 11.0 Å². The highest BCUT2D eigenvalue weighted by atomic mass is 32.2. The summed E-state index contributed by atoms with van der Waals surface area (Å²) in [5.74, 6) is 1.96. The summed E-state index contributed by atoms with van der Waals surface area (Å²) in [6, 6.07) is 5.81. The zero-order valence-corrected chi connectivity index (χ0v) is 17.5. The Balaban J connectivity index is 1.64. The van der Waals surface area contributed by atoms with Crippen LogP contribution in [0.15, 0.2) is 21.6 Å². The minimum absolute atomic E-state index is 0.191. The van der Waals surface area contributed by atoms with Crippen LogP contribution in [0.4, 0.5) is 5.82 Å². The molecule has 0 amide bonds. The van der Waals surface area contributed by atoms with Gasteiger partial charge in [-0.15, -0.1) is 0 Å². The zero-order chi connectivity index (χ0) is 20.2. The van der Waals surface area contributed by atoms with Crippen LogP contribution in [0.3, 0.4) is 0 Å². The minimum Gasteiger partial charge on any atom is -0.463 e. The maximum absolute atomic E-state index is 11.6. The molecular formula is C22H25N3O3S. The molecular weight excluding hydrogens is 386 g/mol. The van der Waals surface area contributed by atoms with Crippen LogP contribution in [-0.4, -0.2) is 31.2 Å². The SMILES string of the molecule is COC(=O)c1ccc(CSc2nc(N3CCCCC3)c3c(c2C#N)CCCC3)o1. The maximum Gasteiger partial charge on any atom is 0.373 e. The highest BCUT2D eigenvalue weighted by Gasteiger charge is 2.26. The molecule has 29 heavy (non-hydrogen) atoms. The number of pyridine rings is 1. The van der Waals surface area contributed by atoms with Gasteiger partial charge in [-0.2, -0.15) is 5.26 Å². The molecule has 152 valence electrons. The van der Waals surface area contributed by atoms with Crippen LogP contribution in [0.1, 0.15) is 65.1 Å². The van der Waals surface area contributed by atoms with Gasteiger partial charge in [0.05, 0.1) is 18.4 Å². The number of carbonyl (C=O) groups excluding carboxylic acids is 1. The number of thioether (sulfide) groups is 1. The molecule has 0 unspecified atom stereocenters. The number of piperidine rings is 1. The molecule has 0 spiro atoms. The normalized spacial score (nSPS) is 16.2. The number of nitriles is 1. The lowest BCUT2D eigenvalue weighted by Gasteiger charge is -2.32. The van der Waals surface area contributed by atoms with Gasteiger partial charge in [0, 0.05) is 13.1 Å². The number of fused-ring (bicyclic) bond motifs is 1. The van der Waals surface area contributed by atoms with Crippen LogP contribution in [0.2, 0.25) is 0 Å². The predicted octanol–water partition coefficient (Wildman–Crippen LogP) is 4.49. The Morgan fingerprint density at radius 3 is 2.69 bits per heavy atom. The molecule has 3 heterocycles. The number of aromatic nitrogens is 1. The van der Waals surface area contributed by atoms with Crippen molar-refractivity contribution in [1.82, 2.24) is 4.98 Å². The lowest BCUT2D eigenvalue weighted by molar-refractivity contribution is 0.0563. The highest BCUT2D eigenvalue weighted by molar-refractivity contribution is 7.98. The average Bonchev–Trinajstić information content (AvgIpc) is 3.26. The monoisotopic (exact) mass is 411 g/mol. The molecule has 0 aromatic carbocycles. The Morgan fingerprint density at radius 1 is 1.21 bits per heavy atom. The van der Waals surface area contributed by atoms with Crippen molar-refractivity contribution in [1.29, 1.82) is 5.26 Å². The van der Waals surface area contributed by atoms with E-state index < -0.39 is 5.97 Å². The van der Waals surface area contributed by atoms with Crippen molar-refractivity contribution in [2.45, 2.75) is 55.7 Å². The Morgan fingerprint density at radius 2 is 1.97 bits per heavy atom. The smallest absolute Gasteiger partial charge is 0.373 e. The van der Waals surface area contributed by atoms with Gasteiger partial charge < -0.3 is 14.1 Å². The zero-order valence-electron chi connectivity index (χ0n) is 16.7. The number of hydrogen-bond acceptors (Lipinski definition) is 7. The van der Waals surface area contributed by atoms with E-state index >= 15 is 0 Å². The lowest BCUT2D eigenvalue weighted by Crippen LogP contribution is -2.32. The van der Waals surface area contributed by atoms with E-state index in [-0.39, 0.29) is 5.76 Å². The molecule has 1 saturated heterocycles. The van der Waals surface area contributed by atoms with E-state index in [1.165, 1.54) is 49.3 Å². The second-order valence-electron chi connectivity index (χ2n) is 7.49. The molecule has 4 rings (SSSR count). The first kappa shape index (κ1) is 19.8. The van der Waals surface area contributed by atoms with Crippen LogP contribution in [-0.2, 0) is 23.3 Å². The van der Waals surface area contributed by atoms with Crippen molar-refractivity contribution in [3.8, 4) is 6.07 Å². The molecule has 2 aromatic heterocycles. The fourth-order valence-corrected chi connectivity index (χ4v) is 5.07. The molecule has 0 bridgehead atoms. The van der Waals surface area contributed by atoms with Gasteiger partial charge in [0.25, 0.3) is 0 Å². The molecule has 6 nitrogen and oxygen atoms in total. The van der Waals surface area contributed by atoms with Crippen molar-refractivity contribution in [3.63, 3.8) is 0 Å². The first-order valence-corrected chi connectivity index (χ1v) is 11.2. The number of esters is 1. The van der Waals surface area contributed by atoms with Gasteiger partial charge in [-0.25, -0.2) is 9.78 Å². The van der Waals surface area contributed by atoms with Gasteiger partial charge >= 0.3 is 5.97 Å². The predicted molar refractivity (Wildman–Crippen MR) is 111 cm³/mol. The molecule has 0 saturated carbocycles. The van der Waals surface area contributed by atoms with Gasteiger partial charge in [0.15, 0.2) is 0 Å². The lowest BCUT2D eigenvalue weighted by atomic mass is 9.89. The van der Waals surface area contributed by atoms with E-state index in [4.69, 9.17) is 14.1 Å². The molecule has 2 aliphatic rings. The summed E-state index contributed by atoms with van der Waals surface area (Å²) in [4.78, 5) is 19.0. The van der Waals surface area contributed by atoms with Crippen molar-refractivity contribution in [3.05, 3.63) is 40.3 Å².